The van der Waals surface area contributed by atoms with Gasteiger partial charge in [-0.1, -0.05) is 48.5 Å². The number of aromatic nitrogens is 2. The molecule has 0 saturated heterocycles. The van der Waals surface area contributed by atoms with Crippen LogP contribution in [0.3, 0.4) is 0 Å². The Labute approximate surface area is 153 Å². The average molecular weight is 346 g/mol. The summed E-state index contributed by atoms with van der Waals surface area (Å²) >= 11 is 0. The second-order valence-electron chi connectivity index (χ2n) is 6.30. The SMILES string of the molecule is Cc1cccc(C)c1NC(=O)c1ccnc(N(C)Cc2ccccc2)n1. The molecule has 5 heteroatoms. The van der Waals surface area contributed by atoms with Gasteiger partial charge in [0.25, 0.3) is 5.91 Å². The van der Waals surface area contributed by atoms with Crippen LogP contribution in [0, 0.1) is 13.8 Å². The molecule has 1 aromatic heterocycles. The summed E-state index contributed by atoms with van der Waals surface area (Å²) in [6.45, 7) is 4.62. The zero-order valence-electron chi connectivity index (χ0n) is 15.2. The molecule has 0 aliphatic carbocycles. The first-order valence-corrected chi connectivity index (χ1v) is 8.50. The normalized spacial score (nSPS) is 10.4. The van der Waals surface area contributed by atoms with Crippen LogP contribution in [0.2, 0.25) is 0 Å². The molecular formula is C21H22N4O. The molecule has 0 fully saturated rings. The quantitative estimate of drug-likeness (QED) is 0.759. The van der Waals surface area contributed by atoms with Gasteiger partial charge in [0.1, 0.15) is 5.69 Å². The predicted octanol–water partition coefficient (Wildman–Crippen LogP) is 3.98. The highest BCUT2D eigenvalue weighted by Crippen LogP contribution is 2.20. The van der Waals surface area contributed by atoms with Gasteiger partial charge in [0.2, 0.25) is 5.95 Å². The first-order valence-electron chi connectivity index (χ1n) is 8.50. The van der Waals surface area contributed by atoms with Crippen LogP contribution in [0.5, 0.6) is 0 Å². The van der Waals surface area contributed by atoms with E-state index in [-0.39, 0.29) is 5.91 Å². The van der Waals surface area contributed by atoms with Crippen LogP contribution in [-0.4, -0.2) is 22.9 Å². The number of hydrogen-bond acceptors (Lipinski definition) is 4. The highest BCUT2D eigenvalue weighted by molar-refractivity contribution is 6.03. The number of rotatable bonds is 5. The number of amides is 1. The summed E-state index contributed by atoms with van der Waals surface area (Å²) in [5.74, 6) is 0.280. The van der Waals surface area contributed by atoms with E-state index in [1.54, 1.807) is 12.3 Å². The second-order valence-corrected chi connectivity index (χ2v) is 6.30. The van der Waals surface area contributed by atoms with Gasteiger partial charge in [-0.25, -0.2) is 9.97 Å². The number of hydrogen-bond donors (Lipinski definition) is 1. The van der Waals surface area contributed by atoms with Crippen LogP contribution >= 0.6 is 0 Å². The molecule has 1 amide bonds. The minimum Gasteiger partial charge on any atom is -0.340 e. The Morgan fingerprint density at radius 1 is 1.00 bits per heavy atom. The van der Waals surface area contributed by atoms with Crippen LogP contribution in [-0.2, 0) is 6.54 Å². The van der Waals surface area contributed by atoms with Gasteiger partial charge in [-0.2, -0.15) is 0 Å². The van der Waals surface area contributed by atoms with E-state index in [2.05, 4.69) is 15.3 Å². The Morgan fingerprint density at radius 2 is 1.69 bits per heavy atom. The van der Waals surface area contributed by atoms with E-state index < -0.39 is 0 Å². The van der Waals surface area contributed by atoms with Gasteiger partial charge in [0.15, 0.2) is 0 Å². The number of benzene rings is 2. The maximum atomic E-state index is 12.6. The molecule has 132 valence electrons. The summed E-state index contributed by atoms with van der Waals surface area (Å²) in [7, 11) is 1.91. The van der Waals surface area contributed by atoms with E-state index in [0.717, 1.165) is 22.4 Å². The van der Waals surface area contributed by atoms with E-state index >= 15 is 0 Å². The van der Waals surface area contributed by atoms with Gasteiger partial charge >= 0.3 is 0 Å². The molecule has 0 atom stereocenters. The Balaban J connectivity index is 1.77. The number of carbonyl (C=O) groups is 1. The lowest BCUT2D eigenvalue weighted by atomic mass is 10.1. The van der Waals surface area contributed by atoms with Crippen molar-refractivity contribution in [3.05, 3.63) is 83.2 Å². The molecule has 3 aromatic rings. The van der Waals surface area contributed by atoms with Crippen LogP contribution in [0.25, 0.3) is 0 Å². The second kappa shape index (κ2) is 7.78. The lowest BCUT2D eigenvalue weighted by molar-refractivity contribution is 0.102. The van der Waals surface area contributed by atoms with E-state index in [1.165, 1.54) is 0 Å². The van der Waals surface area contributed by atoms with Crippen molar-refractivity contribution in [2.75, 3.05) is 17.3 Å². The molecule has 0 bridgehead atoms. The molecular weight excluding hydrogens is 324 g/mol. The third-order valence-electron chi connectivity index (χ3n) is 4.20. The van der Waals surface area contributed by atoms with E-state index in [4.69, 9.17) is 0 Å². The van der Waals surface area contributed by atoms with Crippen molar-refractivity contribution in [2.45, 2.75) is 20.4 Å². The molecule has 0 aliphatic heterocycles. The maximum Gasteiger partial charge on any atom is 0.274 e. The number of anilines is 2. The van der Waals surface area contributed by atoms with Crippen molar-refractivity contribution in [3.63, 3.8) is 0 Å². The number of carbonyl (C=O) groups excluding carboxylic acids is 1. The molecule has 5 nitrogen and oxygen atoms in total. The van der Waals surface area contributed by atoms with Crippen molar-refractivity contribution in [3.8, 4) is 0 Å². The Hall–Kier alpha value is -3.21. The largest absolute Gasteiger partial charge is 0.340 e. The highest BCUT2D eigenvalue weighted by atomic mass is 16.1. The number of aryl methyl sites for hydroxylation is 2. The van der Waals surface area contributed by atoms with E-state index in [1.807, 2.05) is 74.3 Å². The minimum atomic E-state index is -0.237. The predicted molar refractivity (Wildman–Crippen MR) is 104 cm³/mol. The zero-order chi connectivity index (χ0) is 18.5. The van der Waals surface area contributed by atoms with Crippen LogP contribution in [0.1, 0.15) is 27.2 Å². The van der Waals surface area contributed by atoms with Gasteiger partial charge in [0.05, 0.1) is 0 Å². The lowest BCUT2D eigenvalue weighted by Gasteiger charge is -2.17. The first-order chi connectivity index (χ1) is 12.5. The first kappa shape index (κ1) is 17.6. The third-order valence-corrected chi connectivity index (χ3v) is 4.20. The summed E-state index contributed by atoms with van der Waals surface area (Å²) in [6, 6.07) is 17.6. The molecule has 0 spiro atoms. The molecule has 0 saturated carbocycles. The molecule has 2 aromatic carbocycles. The molecule has 1 N–H and O–H groups in total. The molecule has 0 radical (unpaired) electrons. The van der Waals surface area contributed by atoms with Gasteiger partial charge in [-0.05, 0) is 36.6 Å². The Bertz CT molecular complexity index is 889. The number of para-hydroxylation sites is 1. The summed E-state index contributed by atoms with van der Waals surface area (Å²) in [5.41, 5.74) is 4.37. The summed E-state index contributed by atoms with van der Waals surface area (Å²) in [4.78, 5) is 23.3. The third kappa shape index (κ3) is 4.06. The van der Waals surface area contributed by atoms with Crippen molar-refractivity contribution >= 4 is 17.5 Å². The minimum absolute atomic E-state index is 0.237. The highest BCUT2D eigenvalue weighted by Gasteiger charge is 2.13. The van der Waals surface area contributed by atoms with Crippen LogP contribution < -0.4 is 10.2 Å². The Morgan fingerprint density at radius 3 is 2.38 bits per heavy atom. The fraction of sp³-hybridized carbons (Fsp3) is 0.190. The monoisotopic (exact) mass is 346 g/mol. The van der Waals surface area contributed by atoms with Crippen molar-refractivity contribution in [1.82, 2.24) is 9.97 Å². The molecule has 0 aliphatic rings. The maximum absolute atomic E-state index is 12.6. The molecule has 3 rings (SSSR count). The smallest absolute Gasteiger partial charge is 0.274 e. The van der Waals surface area contributed by atoms with Crippen molar-refractivity contribution < 1.29 is 4.79 Å². The van der Waals surface area contributed by atoms with Gasteiger partial charge in [-0.15, -0.1) is 0 Å². The molecule has 1 heterocycles. The Kier molecular flexibility index (Phi) is 5.27. The van der Waals surface area contributed by atoms with Crippen molar-refractivity contribution in [2.24, 2.45) is 0 Å². The zero-order valence-corrected chi connectivity index (χ0v) is 15.2. The average Bonchev–Trinajstić information content (AvgIpc) is 2.65. The van der Waals surface area contributed by atoms with Crippen LogP contribution in [0.4, 0.5) is 11.6 Å². The summed E-state index contributed by atoms with van der Waals surface area (Å²) in [6.07, 6.45) is 1.61. The standard InChI is InChI=1S/C21H22N4O/c1-15-8-7-9-16(2)19(15)24-20(26)18-12-13-22-21(23-18)25(3)14-17-10-5-4-6-11-17/h4-13H,14H2,1-3H3,(H,24,26). The number of nitrogens with zero attached hydrogens (tertiary/aromatic N) is 3. The van der Waals surface area contributed by atoms with Gasteiger partial charge in [-0.3, -0.25) is 4.79 Å². The lowest BCUT2D eigenvalue weighted by Crippen LogP contribution is -2.22. The summed E-state index contributed by atoms with van der Waals surface area (Å²) < 4.78 is 0. The van der Waals surface area contributed by atoms with E-state index in [0.29, 0.717) is 18.2 Å². The fourth-order valence-electron chi connectivity index (χ4n) is 2.78. The summed E-state index contributed by atoms with van der Waals surface area (Å²) in [5, 5.41) is 2.96. The van der Waals surface area contributed by atoms with Gasteiger partial charge in [0, 0.05) is 25.5 Å². The molecule has 0 unspecified atom stereocenters. The van der Waals surface area contributed by atoms with Gasteiger partial charge < -0.3 is 10.2 Å². The van der Waals surface area contributed by atoms with Crippen molar-refractivity contribution in [1.29, 1.82) is 0 Å². The fourth-order valence-corrected chi connectivity index (χ4v) is 2.78. The molecule has 26 heavy (non-hydrogen) atoms. The number of nitrogens with one attached hydrogen (secondary N) is 1. The van der Waals surface area contributed by atoms with E-state index in [9.17, 15) is 4.79 Å². The van der Waals surface area contributed by atoms with Crippen LogP contribution in [0.15, 0.2) is 60.8 Å². The topological polar surface area (TPSA) is 58.1 Å².